The van der Waals surface area contributed by atoms with Gasteiger partial charge >= 0.3 is 5.97 Å². The predicted molar refractivity (Wildman–Crippen MR) is 117 cm³/mol. The van der Waals surface area contributed by atoms with Crippen LogP contribution in [0.2, 0.25) is 0 Å². The number of likely N-dealkylation sites (tertiary alicyclic amines) is 1. The fourth-order valence-electron chi connectivity index (χ4n) is 4.41. The number of esters is 1. The van der Waals surface area contributed by atoms with Gasteiger partial charge in [0.05, 0.1) is 7.11 Å². The number of amides is 1. The van der Waals surface area contributed by atoms with Crippen molar-refractivity contribution in [2.75, 3.05) is 26.7 Å². The molecule has 30 heavy (non-hydrogen) atoms. The van der Waals surface area contributed by atoms with E-state index in [1.54, 1.807) is 6.08 Å². The van der Waals surface area contributed by atoms with Crippen molar-refractivity contribution >= 4 is 18.0 Å². The van der Waals surface area contributed by atoms with E-state index < -0.39 is 0 Å². The largest absolute Gasteiger partial charge is 0.466 e. The SMILES string of the molecule is COC(=O)C=Cc1ccc(CN2CCC(N3CCc4ccccc4C3=O)CC2)cc1. The molecule has 156 valence electrons. The molecule has 0 aliphatic carbocycles. The minimum Gasteiger partial charge on any atom is -0.466 e. The normalized spacial score (nSPS) is 17.9. The van der Waals surface area contributed by atoms with Crippen LogP contribution in [0, 0.1) is 0 Å². The zero-order chi connectivity index (χ0) is 20.9. The first-order chi connectivity index (χ1) is 14.6. The van der Waals surface area contributed by atoms with Crippen LogP contribution >= 0.6 is 0 Å². The average molecular weight is 405 g/mol. The van der Waals surface area contributed by atoms with Crippen molar-refractivity contribution in [1.82, 2.24) is 9.80 Å². The average Bonchev–Trinajstić information content (AvgIpc) is 2.79. The van der Waals surface area contributed by atoms with E-state index in [0.717, 1.165) is 56.6 Å². The summed E-state index contributed by atoms with van der Waals surface area (Å²) in [7, 11) is 1.37. The third-order valence-corrected chi connectivity index (χ3v) is 6.13. The fraction of sp³-hybridized carbons (Fsp3) is 0.360. The van der Waals surface area contributed by atoms with Crippen LogP contribution in [0.25, 0.3) is 6.08 Å². The molecule has 1 saturated heterocycles. The first-order valence-electron chi connectivity index (χ1n) is 10.6. The highest BCUT2D eigenvalue weighted by Crippen LogP contribution is 2.25. The summed E-state index contributed by atoms with van der Waals surface area (Å²) in [5.41, 5.74) is 4.30. The fourth-order valence-corrected chi connectivity index (χ4v) is 4.41. The lowest BCUT2D eigenvalue weighted by Gasteiger charge is -2.40. The molecule has 0 saturated carbocycles. The van der Waals surface area contributed by atoms with Gasteiger partial charge in [-0.25, -0.2) is 4.79 Å². The van der Waals surface area contributed by atoms with E-state index in [1.807, 2.05) is 30.3 Å². The topological polar surface area (TPSA) is 49.9 Å². The van der Waals surface area contributed by atoms with Crippen LogP contribution in [0.3, 0.4) is 0 Å². The first-order valence-corrected chi connectivity index (χ1v) is 10.6. The lowest BCUT2D eigenvalue weighted by molar-refractivity contribution is -0.134. The van der Waals surface area contributed by atoms with Gasteiger partial charge in [-0.15, -0.1) is 0 Å². The van der Waals surface area contributed by atoms with Crippen molar-refractivity contribution in [3.8, 4) is 0 Å². The summed E-state index contributed by atoms with van der Waals surface area (Å²) in [5, 5.41) is 0. The summed E-state index contributed by atoms with van der Waals surface area (Å²) in [6, 6.07) is 16.6. The Morgan fingerprint density at radius 1 is 1.07 bits per heavy atom. The van der Waals surface area contributed by atoms with E-state index in [2.05, 4.69) is 32.7 Å². The van der Waals surface area contributed by atoms with E-state index in [9.17, 15) is 9.59 Å². The standard InChI is InChI=1S/C25H28N2O3/c1-30-24(28)11-10-19-6-8-20(9-7-19)18-26-15-13-22(14-16-26)27-17-12-21-4-2-3-5-23(21)25(27)29/h2-11,22H,12-18H2,1H3. The van der Waals surface area contributed by atoms with Gasteiger partial charge in [-0.1, -0.05) is 42.5 Å². The number of hydrogen-bond acceptors (Lipinski definition) is 4. The second-order valence-electron chi connectivity index (χ2n) is 8.01. The van der Waals surface area contributed by atoms with E-state index in [0.29, 0.717) is 6.04 Å². The molecule has 0 bridgehead atoms. The Kier molecular flexibility index (Phi) is 6.29. The van der Waals surface area contributed by atoms with Gasteiger partial charge in [0.2, 0.25) is 0 Å². The lowest BCUT2D eigenvalue weighted by Crippen LogP contribution is -2.49. The van der Waals surface area contributed by atoms with Gasteiger partial charge in [0.25, 0.3) is 5.91 Å². The van der Waals surface area contributed by atoms with E-state index in [4.69, 9.17) is 0 Å². The van der Waals surface area contributed by atoms with Crippen LogP contribution < -0.4 is 0 Å². The maximum atomic E-state index is 12.9. The van der Waals surface area contributed by atoms with Gasteiger partial charge < -0.3 is 9.64 Å². The van der Waals surface area contributed by atoms with Crippen molar-refractivity contribution in [2.45, 2.75) is 31.8 Å². The van der Waals surface area contributed by atoms with Crippen molar-refractivity contribution in [1.29, 1.82) is 0 Å². The summed E-state index contributed by atoms with van der Waals surface area (Å²) in [6.45, 7) is 3.74. The van der Waals surface area contributed by atoms with Gasteiger partial charge in [0, 0.05) is 43.9 Å². The molecule has 1 fully saturated rings. The van der Waals surface area contributed by atoms with Crippen molar-refractivity contribution in [3.63, 3.8) is 0 Å². The van der Waals surface area contributed by atoms with Crippen LogP contribution in [0.15, 0.2) is 54.6 Å². The molecule has 2 aromatic rings. The number of piperidine rings is 1. The number of fused-ring (bicyclic) bond motifs is 1. The highest BCUT2D eigenvalue weighted by Gasteiger charge is 2.31. The summed E-state index contributed by atoms with van der Waals surface area (Å²) < 4.78 is 4.62. The smallest absolute Gasteiger partial charge is 0.330 e. The van der Waals surface area contributed by atoms with E-state index in [-0.39, 0.29) is 11.9 Å². The third-order valence-electron chi connectivity index (χ3n) is 6.13. The third kappa shape index (κ3) is 4.62. The summed E-state index contributed by atoms with van der Waals surface area (Å²) in [5.74, 6) is -0.150. The molecule has 2 aliphatic heterocycles. The highest BCUT2D eigenvalue weighted by atomic mass is 16.5. The predicted octanol–water partition coefficient (Wildman–Crippen LogP) is 3.54. The van der Waals surface area contributed by atoms with Crippen LogP contribution in [0.1, 0.15) is 39.9 Å². The molecule has 2 aromatic carbocycles. The van der Waals surface area contributed by atoms with Crippen LogP contribution in [-0.4, -0.2) is 54.5 Å². The summed E-state index contributed by atoms with van der Waals surface area (Å²) >= 11 is 0. The maximum absolute atomic E-state index is 12.9. The molecular formula is C25H28N2O3. The van der Waals surface area contributed by atoms with Crippen LogP contribution in [0.5, 0.6) is 0 Å². The van der Waals surface area contributed by atoms with Crippen molar-refractivity contribution in [2.24, 2.45) is 0 Å². The zero-order valence-corrected chi connectivity index (χ0v) is 17.4. The Bertz CT molecular complexity index is 928. The Morgan fingerprint density at radius 3 is 2.53 bits per heavy atom. The molecule has 2 heterocycles. The number of benzene rings is 2. The quantitative estimate of drug-likeness (QED) is 0.565. The maximum Gasteiger partial charge on any atom is 0.330 e. The van der Waals surface area contributed by atoms with Crippen LogP contribution in [0.4, 0.5) is 0 Å². The van der Waals surface area contributed by atoms with Crippen molar-refractivity contribution in [3.05, 3.63) is 76.9 Å². The number of carbonyl (C=O) groups excluding carboxylic acids is 2. The Labute approximate surface area is 177 Å². The number of nitrogens with zero attached hydrogens (tertiary/aromatic N) is 2. The van der Waals surface area contributed by atoms with Crippen LogP contribution in [-0.2, 0) is 22.5 Å². The Balaban J connectivity index is 1.29. The highest BCUT2D eigenvalue weighted by molar-refractivity contribution is 5.97. The molecule has 0 spiro atoms. The van der Waals surface area contributed by atoms with Gasteiger partial charge in [-0.05, 0) is 48.1 Å². The minimum atomic E-state index is -0.349. The van der Waals surface area contributed by atoms with Gasteiger partial charge in [0.15, 0.2) is 0 Å². The molecule has 5 nitrogen and oxygen atoms in total. The van der Waals surface area contributed by atoms with E-state index >= 15 is 0 Å². The second kappa shape index (κ2) is 9.26. The molecule has 0 aromatic heterocycles. The van der Waals surface area contributed by atoms with Gasteiger partial charge in [0.1, 0.15) is 0 Å². The molecular weight excluding hydrogens is 376 g/mol. The second-order valence-corrected chi connectivity index (χ2v) is 8.01. The number of hydrogen-bond donors (Lipinski definition) is 0. The van der Waals surface area contributed by atoms with Crippen molar-refractivity contribution < 1.29 is 14.3 Å². The number of rotatable bonds is 5. The number of ether oxygens (including phenoxy) is 1. The molecule has 4 rings (SSSR count). The molecule has 2 aliphatic rings. The Morgan fingerprint density at radius 2 is 1.80 bits per heavy atom. The number of methoxy groups -OCH3 is 1. The first kappa shape index (κ1) is 20.4. The summed E-state index contributed by atoms with van der Waals surface area (Å²) in [6.07, 6.45) is 6.19. The Hall–Kier alpha value is -2.92. The molecule has 0 N–H and O–H groups in total. The van der Waals surface area contributed by atoms with Gasteiger partial charge in [-0.2, -0.15) is 0 Å². The lowest BCUT2D eigenvalue weighted by atomic mass is 9.94. The monoisotopic (exact) mass is 404 g/mol. The number of carbonyl (C=O) groups is 2. The molecule has 0 radical (unpaired) electrons. The zero-order valence-electron chi connectivity index (χ0n) is 17.4. The molecule has 0 unspecified atom stereocenters. The summed E-state index contributed by atoms with van der Waals surface area (Å²) in [4.78, 5) is 28.7. The molecule has 1 amide bonds. The molecule has 0 atom stereocenters. The molecule has 5 heteroatoms. The van der Waals surface area contributed by atoms with Gasteiger partial charge in [-0.3, -0.25) is 9.69 Å². The van der Waals surface area contributed by atoms with E-state index in [1.165, 1.54) is 24.3 Å². The minimum absolute atomic E-state index is 0.200.